The van der Waals surface area contributed by atoms with Gasteiger partial charge < -0.3 is 14.6 Å². The third-order valence-electron chi connectivity index (χ3n) is 2.21. The Labute approximate surface area is 93.9 Å². The molecule has 16 heavy (non-hydrogen) atoms. The first kappa shape index (κ1) is 12.2. The van der Waals surface area contributed by atoms with Crippen molar-refractivity contribution >= 4 is 11.9 Å². The molecule has 0 aliphatic heterocycles. The van der Waals surface area contributed by atoms with Crippen molar-refractivity contribution < 1.29 is 19.4 Å². The number of ether oxygens (including phenoxy) is 1. The van der Waals surface area contributed by atoms with Gasteiger partial charge in [0.25, 0.3) is 0 Å². The van der Waals surface area contributed by atoms with E-state index in [1.165, 1.54) is 12.1 Å². The molecule has 4 nitrogen and oxygen atoms in total. The summed E-state index contributed by atoms with van der Waals surface area (Å²) in [5.41, 5.74) is 0.768. The molecule has 1 aromatic carbocycles. The zero-order valence-corrected chi connectivity index (χ0v) is 9.28. The lowest BCUT2D eigenvalue weighted by atomic mass is 10.0. The minimum atomic E-state index is -1.36. The minimum absolute atomic E-state index is 0.0408. The smallest absolute Gasteiger partial charge is 0.338 e. The van der Waals surface area contributed by atoms with Crippen LogP contribution in [0.2, 0.25) is 0 Å². The van der Waals surface area contributed by atoms with E-state index in [9.17, 15) is 14.7 Å². The summed E-state index contributed by atoms with van der Waals surface area (Å²) in [5, 5.41) is 10.9. The second-order valence-electron chi connectivity index (χ2n) is 3.24. The molecule has 0 fully saturated rings. The third kappa shape index (κ3) is 2.59. The van der Waals surface area contributed by atoms with Crippen molar-refractivity contribution in [1.82, 2.24) is 0 Å². The molecule has 0 N–H and O–H groups in total. The van der Waals surface area contributed by atoms with Gasteiger partial charge in [-0.05, 0) is 31.0 Å². The number of rotatable bonds is 4. The molecule has 1 aromatic rings. The Balaban J connectivity index is 3.17. The molecular weight excluding hydrogens is 208 g/mol. The van der Waals surface area contributed by atoms with E-state index in [4.69, 9.17) is 4.74 Å². The van der Waals surface area contributed by atoms with Crippen LogP contribution < -0.4 is 5.11 Å². The van der Waals surface area contributed by atoms with E-state index in [2.05, 4.69) is 0 Å². The summed E-state index contributed by atoms with van der Waals surface area (Å²) < 4.78 is 4.76. The molecule has 0 saturated carbocycles. The molecule has 0 aliphatic rings. The van der Waals surface area contributed by atoms with Crippen LogP contribution in [0.4, 0.5) is 0 Å². The highest BCUT2D eigenvalue weighted by molar-refractivity contribution is 6.01. The zero-order valence-electron chi connectivity index (χ0n) is 9.28. The first-order valence-electron chi connectivity index (χ1n) is 5.11. The monoisotopic (exact) mass is 221 g/mol. The standard InChI is InChI=1S/C12H14O4/c1-3-8-5-6-9(12(15)16-4-2)10(7-8)11(13)14/h5-7H,3-4H2,1-2H3,(H,13,14)/p-1. The van der Waals surface area contributed by atoms with Crippen LogP contribution in [0.15, 0.2) is 18.2 Å². The van der Waals surface area contributed by atoms with E-state index >= 15 is 0 Å². The van der Waals surface area contributed by atoms with Gasteiger partial charge in [0.05, 0.1) is 18.1 Å². The Bertz CT molecular complexity index is 409. The summed E-state index contributed by atoms with van der Waals surface area (Å²) in [7, 11) is 0. The van der Waals surface area contributed by atoms with Crippen molar-refractivity contribution in [3.8, 4) is 0 Å². The number of carboxylic acids is 1. The summed E-state index contributed by atoms with van der Waals surface area (Å²) in [4.78, 5) is 22.3. The van der Waals surface area contributed by atoms with Gasteiger partial charge in [0.15, 0.2) is 0 Å². The molecule has 1 rings (SSSR count). The van der Waals surface area contributed by atoms with E-state index in [0.717, 1.165) is 5.56 Å². The van der Waals surface area contributed by atoms with E-state index < -0.39 is 11.9 Å². The fraction of sp³-hybridized carbons (Fsp3) is 0.333. The maximum Gasteiger partial charge on any atom is 0.338 e. The maximum atomic E-state index is 11.5. The second kappa shape index (κ2) is 5.30. The highest BCUT2D eigenvalue weighted by Crippen LogP contribution is 2.13. The molecule has 0 aromatic heterocycles. The van der Waals surface area contributed by atoms with Gasteiger partial charge in [-0.25, -0.2) is 4.79 Å². The van der Waals surface area contributed by atoms with Crippen LogP contribution in [0.3, 0.4) is 0 Å². The van der Waals surface area contributed by atoms with Crippen LogP contribution >= 0.6 is 0 Å². The minimum Gasteiger partial charge on any atom is -0.545 e. The van der Waals surface area contributed by atoms with Gasteiger partial charge in [0.2, 0.25) is 0 Å². The molecule has 0 atom stereocenters. The van der Waals surface area contributed by atoms with Gasteiger partial charge in [-0.1, -0.05) is 13.0 Å². The molecule has 0 heterocycles. The van der Waals surface area contributed by atoms with E-state index in [1.807, 2.05) is 6.92 Å². The lowest BCUT2D eigenvalue weighted by molar-refractivity contribution is -0.255. The van der Waals surface area contributed by atoms with E-state index in [-0.39, 0.29) is 17.7 Å². The lowest BCUT2D eigenvalue weighted by Crippen LogP contribution is -2.25. The van der Waals surface area contributed by atoms with Crippen molar-refractivity contribution in [3.05, 3.63) is 34.9 Å². The highest BCUT2D eigenvalue weighted by atomic mass is 16.5. The molecule has 4 heteroatoms. The van der Waals surface area contributed by atoms with Gasteiger partial charge in [-0.15, -0.1) is 0 Å². The number of aryl methyl sites for hydroxylation is 1. The number of hydrogen-bond acceptors (Lipinski definition) is 4. The van der Waals surface area contributed by atoms with E-state index in [1.54, 1.807) is 13.0 Å². The predicted octanol–water partition coefficient (Wildman–Crippen LogP) is 0.789. The van der Waals surface area contributed by atoms with Crippen molar-refractivity contribution in [2.45, 2.75) is 20.3 Å². The highest BCUT2D eigenvalue weighted by Gasteiger charge is 2.13. The number of hydrogen-bond donors (Lipinski definition) is 0. The largest absolute Gasteiger partial charge is 0.545 e. The Hall–Kier alpha value is -1.84. The number of carbonyl (C=O) groups excluding carboxylic acids is 2. The molecule has 0 radical (unpaired) electrons. The summed E-state index contributed by atoms with van der Waals surface area (Å²) in [6.45, 7) is 3.77. The van der Waals surface area contributed by atoms with Crippen LogP contribution in [0.1, 0.15) is 40.1 Å². The average Bonchev–Trinajstić information content (AvgIpc) is 2.28. The summed E-state index contributed by atoms with van der Waals surface area (Å²) in [6, 6.07) is 4.61. The topological polar surface area (TPSA) is 66.4 Å². The molecular formula is C12H13O4-. The van der Waals surface area contributed by atoms with Crippen LogP contribution in [0.25, 0.3) is 0 Å². The quantitative estimate of drug-likeness (QED) is 0.705. The van der Waals surface area contributed by atoms with Gasteiger partial charge in [-0.3, -0.25) is 0 Å². The van der Waals surface area contributed by atoms with Gasteiger partial charge in [-0.2, -0.15) is 0 Å². The maximum absolute atomic E-state index is 11.5. The first-order chi connectivity index (χ1) is 7.60. The molecule has 0 bridgehead atoms. The van der Waals surface area contributed by atoms with Gasteiger partial charge >= 0.3 is 5.97 Å². The third-order valence-corrected chi connectivity index (χ3v) is 2.21. The van der Waals surface area contributed by atoms with Crippen LogP contribution in [0.5, 0.6) is 0 Å². The second-order valence-corrected chi connectivity index (χ2v) is 3.24. The summed E-state index contributed by atoms with van der Waals surface area (Å²) in [6.07, 6.45) is 0.698. The van der Waals surface area contributed by atoms with Crippen molar-refractivity contribution in [3.63, 3.8) is 0 Å². The Morgan fingerprint density at radius 1 is 1.25 bits per heavy atom. The number of esters is 1. The lowest BCUT2D eigenvalue weighted by Gasteiger charge is -2.11. The Kier molecular flexibility index (Phi) is 4.05. The predicted molar refractivity (Wildman–Crippen MR) is 56.1 cm³/mol. The number of carboxylic acid groups (broad SMARTS) is 1. The van der Waals surface area contributed by atoms with Gasteiger partial charge in [0, 0.05) is 5.56 Å². The fourth-order valence-corrected chi connectivity index (χ4v) is 1.37. The fourth-order valence-electron chi connectivity index (χ4n) is 1.37. The van der Waals surface area contributed by atoms with Crippen molar-refractivity contribution in [1.29, 1.82) is 0 Å². The van der Waals surface area contributed by atoms with Crippen LogP contribution in [-0.4, -0.2) is 18.5 Å². The molecule has 0 unspecified atom stereocenters. The molecule has 0 aliphatic carbocycles. The van der Waals surface area contributed by atoms with Crippen molar-refractivity contribution in [2.75, 3.05) is 6.61 Å². The van der Waals surface area contributed by atoms with E-state index in [0.29, 0.717) is 6.42 Å². The molecule has 0 spiro atoms. The average molecular weight is 221 g/mol. The summed E-state index contributed by atoms with van der Waals surface area (Å²) >= 11 is 0. The molecule has 0 amide bonds. The van der Waals surface area contributed by atoms with Crippen LogP contribution in [-0.2, 0) is 11.2 Å². The summed E-state index contributed by atoms with van der Waals surface area (Å²) in [5.74, 6) is -2.00. The normalized spacial score (nSPS) is 9.88. The number of aromatic carboxylic acids is 1. The van der Waals surface area contributed by atoms with Gasteiger partial charge in [0.1, 0.15) is 0 Å². The molecule has 86 valence electrons. The van der Waals surface area contributed by atoms with Crippen molar-refractivity contribution in [2.24, 2.45) is 0 Å². The zero-order chi connectivity index (χ0) is 12.1. The number of carbonyl (C=O) groups is 2. The Morgan fingerprint density at radius 3 is 2.44 bits per heavy atom. The van der Waals surface area contributed by atoms with Crippen LogP contribution in [0, 0.1) is 0 Å². The number of benzene rings is 1. The molecule has 0 saturated heterocycles. The SMILES string of the molecule is CCOC(=O)c1ccc(CC)cc1C(=O)[O-]. The Morgan fingerprint density at radius 2 is 1.94 bits per heavy atom. The first-order valence-corrected chi connectivity index (χ1v) is 5.11.